The van der Waals surface area contributed by atoms with E-state index in [1.165, 1.54) is 22.3 Å². The van der Waals surface area contributed by atoms with Gasteiger partial charge in [0.25, 0.3) is 0 Å². The SMILES string of the molecule is CN1C2Cc3ccncc3C1c1ccccc12. The highest BCUT2D eigenvalue weighted by molar-refractivity contribution is 5.49. The number of nitrogens with zero attached hydrogens (tertiary/aromatic N) is 2. The van der Waals surface area contributed by atoms with Crippen LogP contribution in [0.2, 0.25) is 0 Å². The lowest BCUT2D eigenvalue weighted by atomic mass is 9.94. The van der Waals surface area contributed by atoms with Gasteiger partial charge >= 0.3 is 0 Å². The van der Waals surface area contributed by atoms with Crippen LogP contribution >= 0.6 is 0 Å². The molecule has 2 atom stereocenters. The highest BCUT2D eigenvalue weighted by Gasteiger charge is 2.41. The molecule has 2 unspecified atom stereocenters. The average molecular weight is 222 g/mol. The van der Waals surface area contributed by atoms with E-state index < -0.39 is 0 Å². The first-order valence-electron chi connectivity index (χ1n) is 6.10. The maximum Gasteiger partial charge on any atom is 0.0625 e. The average Bonchev–Trinajstić information content (AvgIpc) is 2.56. The van der Waals surface area contributed by atoms with Crippen molar-refractivity contribution in [1.29, 1.82) is 0 Å². The zero-order valence-corrected chi connectivity index (χ0v) is 9.80. The lowest BCUT2D eigenvalue weighted by Gasteiger charge is -2.33. The van der Waals surface area contributed by atoms with Gasteiger partial charge < -0.3 is 0 Å². The maximum absolute atomic E-state index is 4.30. The van der Waals surface area contributed by atoms with Crippen molar-refractivity contribution in [3.63, 3.8) is 0 Å². The summed E-state index contributed by atoms with van der Waals surface area (Å²) < 4.78 is 0. The van der Waals surface area contributed by atoms with E-state index in [1.54, 1.807) is 0 Å². The molecule has 1 aromatic heterocycles. The number of benzene rings is 1. The number of hydrogen-bond acceptors (Lipinski definition) is 2. The summed E-state index contributed by atoms with van der Waals surface area (Å²) in [5.41, 5.74) is 5.81. The number of pyridine rings is 1. The molecule has 0 amide bonds. The topological polar surface area (TPSA) is 16.1 Å². The first kappa shape index (κ1) is 9.37. The fraction of sp³-hybridized carbons (Fsp3) is 0.267. The van der Waals surface area contributed by atoms with E-state index >= 15 is 0 Å². The highest BCUT2D eigenvalue weighted by atomic mass is 15.2. The summed E-state index contributed by atoms with van der Waals surface area (Å²) in [5.74, 6) is 0. The van der Waals surface area contributed by atoms with Crippen molar-refractivity contribution >= 4 is 0 Å². The second kappa shape index (κ2) is 3.17. The normalized spacial score (nSPS) is 25.5. The van der Waals surface area contributed by atoms with E-state index in [1.807, 2.05) is 12.4 Å². The molecule has 2 aliphatic heterocycles. The van der Waals surface area contributed by atoms with Gasteiger partial charge in [0.1, 0.15) is 0 Å². The Kier molecular flexibility index (Phi) is 1.75. The molecule has 0 saturated carbocycles. The van der Waals surface area contributed by atoms with Crippen LogP contribution in [0.4, 0.5) is 0 Å². The Bertz CT molecular complexity index is 580. The molecule has 0 radical (unpaired) electrons. The molecule has 0 fully saturated rings. The molecule has 0 aliphatic carbocycles. The van der Waals surface area contributed by atoms with Crippen molar-refractivity contribution in [2.24, 2.45) is 0 Å². The third-order valence-electron chi connectivity index (χ3n) is 4.20. The molecule has 84 valence electrons. The van der Waals surface area contributed by atoms with Crippen LogP contribution in [0.15, 0.2) is 42.7 Å². The van der Waals surface area contributed by atoms with E-state index in [-0.39, 0.29) is 0 Å². The Labute approximate surface area is 101 Å². The lowest BCUT2D eigenvalue weighted by Crippen LogP contribution is -2.29. The molecule has 2 aliphatic rings. The van der Waals surface area contributed by atoms with Gasteiger partial charge in [0.2, 0.25) is 0 Å². The summed E-state index contributed by atoms with van der Waals surface area (Å²) in [4.78, 5) is 6.78. The molecular weight excluding hydrogens is 208 g/mol. The van der Waals surface area contributed by atoms with E-state index in [0.717, 1.165) is 6.42 Å². The van der Waals surface area contributed by atoms with E-state index in [0.29, 0.717) is 12.1 Å². The first-order valence-corrected chi connectivity index (χ1v) is 6.10. The predicted molar refractivity (Wildman–Crippen MR) is 66.7 cm³/mol. The van der Waals surface area contributed by atoms with Crippen LogP contribution < -0.4 is 0 Å². The fourth-order valence-corrected chi connectivity index (χ4v) is 3.40. The van der Waals surface area contributed by atoms with Gasteiger partial charge in [-0.2, -0.15) is 0 Å². The summed E-state index contributed by atoms with van der Waals surface area (Å²) in [6, 6.07) is 12.0. The number of aromatic nitrogens is 1. The third-order valence-corrected chi connectivity index (χ3v) is 4.20. The van der Waals surface area contributed by atoms with Gasteiger partial charge in [0, 0.05) is 18.4 Å². The summed E-state index contributed by atoms with van der Waals surface area (Å²) in [5, 5.41) is 0. The molecule has 3 heterocycles. The Morgan fingerprint density at radius 2 is 1.94 bits per heavy atom. The largest absolute Gasteiger partial charge is 0.288 e. The highest BCUT2D eigenvalue weighted by Crippen LogP contribution is 2.50. The van der Waals surface area contributed by atoms with Crippen LogP contribution in [0, 0.1) is 0 Å². The quantitative estimate of drug-likeness (QED) is 0.681. The van der Waals surface area contributed by atoms with Crippen molar-refractivity contribution < 1.29 is 0 Å². The van der Waals surface area contributed by atoms with Gasteiger partial charge in [0.15, 0.2) is 0 Å². The smallest absolute Gasteiger partial charge is 0.0625 e. The van der Waals surface area contributed by atoms with Gasteiger partial charge in [-0.1, -0.05) is 24.3 Å². The zero-order valence-electron chi connectivity index (χ0n) is 9.80. The van der Waals surface area contributed by atoms with Crippen LogP contribution in [0.1, 0.15) is 34.3 Å². The third kappa shape index (κ3) is 1.11. The maximum atomic E-state index is 4.30. The fourth-order valence-electron chi connectivity index (χ4n) is 3.40. The van der Waals surface area contributed by atoms with Crippen LogP contribution in [0.25, 0.3) is 0 Å². The van der Waals surface area contributed by atoms with Gasteiger partial charge in [-0.05, 0) is 41.8 Å². The van der Waals surface area contributed by atoms with Gasteiger partial charge in [-0.3, -0.25) is 9.88 Å². The molecule has 2 aromatic rings. The predicted octanol–water partition coefficient (Wildman–Crippen LogP) is 2.71. The summed E-state index contributed by atoms with van der Waals surface area (Å²) in [6.07, 6.45) is 5.06. The van der Waals surface area contributed by atoms with Gasteiger partial charge in [-0.15, -0.1) is 0 Å². The van der Waals surface area contributed by atoms with E-state index in [4.69, 9.17) is 0 Å². The minimum absolute atomic E-state index is 0.411. The standard InChI is InChI=1S/C15H14N2/c1-17-14-8-10-6-7-16-9-13(10)15(17)12-5-3-2-4-11(12)14/h2-7,9,14-15H,8H2,1H3. The summed E-state index contributed by atoms with van der Waals surface area (Å²) >= 11 is 0. The van der Waals surface area contributed by atoms with Gasteiger partial charge in [-0.25, -0.2) is 0 Å². The number of rotatable bonds is 0. The van der Waals surface area contributed by atoms with E-state index in [2.05, 4.69) is 47.3 Å². The van der Waals surface area contributed by atoms with Crippen molar-refractivity contribution in [3.8, 4) is 0 Å². The van der Waals surface area contributed by atoms with Crippen molar-refractivity contribution in [2.75, 3.05) is 7.05 Å². The second-order valence-corrected chi connectivity index (χ2v) is 4.99. The molecular formula is C15H14N2. The van der Waals surface area contributed by atoms with Gasteiger partial charge in [0.05, 0.1) is 6.04 Å². The van der Waals surface area contributed by atoms with Crippen LogP contribution in [0.3, 0.4) is 0 Å². The van der Waals surface area contributed by atoms with E-state index in [9.17, 15) is 0 Å². The second-order valence-electron chi connectivity index (χ2n) is 4.99. The Morgan fingerprint density at radius 1 is 1.12 bits per heavy atom. The summed E-state index contributed by atoms with van der Waals surface area (Å²) in [6.45, 7) is 0. The minimum Gasteiger partial charge on any atom is -0.288 e. The van der Waals surface area contributed by atoms with Crippen molar-refractivity contribution in [2.45, 2.75) is 18.5 Å². The molecule has 4 rings (SSSR count). The molecule has 0 N–H and O–H groups in total. The monoisotopic (exact) mass is 222 g/mol. The Morgan fingerprint density at radius 3 is 2.82 bits per heavy atom. The van der Waals surface area contributed by atoms with Crippen molar-refractivity contribution in [1.82, 2.24) is 9.88 Å². The molecule has 17 heavy (non-hydrogen) atoms. The van der Waals surface area contributed by atoms with Crippen LogP contribution in [-0.2, 0) is 6.42 Å². The molecule has 2 bridgehead atoms. The molecule has 2 nitrogen and oxygen atoms in total. The number of fused-ring (bicyclic) bond motifs is 7. The Balaban J connectivity index is 2.00. The van der Waals surface area contributed by atoms with Crippen LogP contribution in [-0.4, -0.2) is 16.9 Å². The van der Waals surface area contributed by atoms with Crippen LogP contribution in [0.5, 0.6) is 0 Å². The number of likely N-dealkylation sites (N-methyl/N-ethyl adjacent to an activating group) is 1. The Hall–Kier alpha value is -1.67. The first-order chi connectivity index (χ1) is 8.36. The molecule has 2 heteroatoms. The molecule has 0 spiro atoms. The lowest BCUT2D eigenvalue weighted by molar-refractivity contribution is 0.213. The van der Waals surface area contributed by atoms with Crippen molar-refractivity contribution in [3.05, 3.63) is 65.0 Å². The number of hydrogen-bond donors (Lipinski definition) is 0. The molecule has 1 aromatic carbocycles. The summed E-state index contributed by atoms with van der Waals surface area (Å²) in [7, 11) is 2.23. The molecule has 0 saturated heterocycles. The minimum atomic E-state index is 0.411. The zero-order chi connectivity index (χ0) is 11.4.